The van der Waals surface area contributed by atoms with Gasteiger partial charge < -0.3 is 10.8 Å². The Morgan fingerprint density at radius 1 is 1.16 bits per heavy atom. The fourth-order valence-electron chi connectivity index (χ4n) is 5.29. The molecule has 0 spiro atoms. The van der Waals surface area contributed by atoms with E-state index in [4.69, 9.17) is 5.73 Å². The lowest BCUT2D eigenvalue weighted by atomic mass is 9.58. The highest BCUT2D eigenvalue weighted by molar-refractivity contribution is 5.11. The van der Waals surface area contributed by atoms with Gasteiger partial charge in [-0.15, -0.1) is 0 Å². The Hall–Kier alpha value is -0.0800. The molecule has 3 atom stereocenters. The normalized spacial score (nSPS) is 34.7. The minimum absolute atomic E-state index is 0.00442. The van der Waals surface area contributed by atoms with Crippen molar-refractivity contribution in [3.63, 3.8) is 0 Å². The minimum atomic E-state index is -0.552. The summed E-state index contributed by atoms with van der Waals surface area (Å²) in [5.74, 6) is 2.57. The van der Waals surface area contributed by atoms with E-state index in [1.165, 1.54) is 25.7 Å². The lowest BCUT2D eigenvalue weighted by Gasteiger charge is -2.51. The summed E-state index contributed by atoms with van der Waals surface area (Å²) in [5, 5.41) is 11.5. The van der Waals surface area contributed by atoms with Gasteiger partial charge in [0.25, 0.3) is 0 Å². The van der Waals surface area contributed by atoms with Gasteiger partial charge in [-0.3, -0.25) is 0 Å². The van der Waals surface area contributed by atoms with Crippen LogP contribution in [0.2, 0.25) is 0 Å². The number of fused-ring (bicyclic) bond motifs is 2. The van der Waals surface area contributed by atoms with Gasteiger partial charge in [0.2, 0.25) is 0 Å². The Balaban J connectivity index is 2.29. The van der Waals surface area contributed by atoms with E-state index in [0.717, 1.165) is 18.8 Å². The molecule has 0 amide bonds. The molecule has 2 nitrogen and oxygen atoms in total. The van der Waals surface area contributed by atoms with Crippen molar-refractivity contribution < 1.29 is 5.11 Å². The molecule has 0 aromatic rings. The van der Waals surface area contributed by atoms with Crippen LogP contribution in [0.4, 0.5) is 0 Å². The summed E-state index contributed by atoms with van der Waals surface area (Å²) in [7, 11) is 0. The van der Waals surface area contributed by atoms with Crippen molar-refractivity contribution in [1.29, 1.82) is 0 Å². The second kappa shape index (κ2) is 5.37. The smallest absolute Gasteiger partial charge is 0.0723 e. The van der Waals surface area contributed by atoms with E-state index in [-0.39, 0.29) is 5.41 Å². The third kappa shape index (κ3) is 2.58. The maximum absolute atomic E-state index is 11.5. The van der Waals surface area contributed by atoms with Crippen molar-refractivity contribution in [2.75, 3.05) is 6.54 Å². The fourth-order valence-corrected chi connectivity index (χ4v) is 5.29. The highest BCUT2D eigenvalue weighted by atomic mass is 16.3. The lowest BCUT2D eigenvalue weighted by Crippen LogP contribution is -2.56. The molecule has 2 rings (SSSR count). The minimum Gasteiger partial charge on any atom is -0.389 e. The standard InChI is InChI=1S/C17H33NO/c1-12(2)8-17(19,9-13(3)4)16(11-18)10-14-5-6-15(16)7-14/h12-15,19H,5-11,18H2,1-4H3. The Labute approximate surface area is 119 Å². The van der Waals surface area contributed by atoms with Crippen molar-refractivity contribution in [3.05, 3.63) is 0 Å². The molecule has 2 fully saturated rings. The van der Waals surface area contributed by atoms with E-state index in [1.807, 2.05) is 0 Å². The van der Waals surface area contributed by atoms with Crippen molar-refractivity contribution in [1.82, 2.24) is 0 Å². The highest BCUT2D eigenvalue weighted by Gasteiger charge is 2.60. The summed E-state index contributed by atoms with van der Waals surface area (Å²) in [6.45, 7) is 9.57. The van der Waals surface area contributed by atoms with Crippen molar-refractivity contribution in [3.8, 4) is 0 Å². The molecular weight excluding hydrogens is 234 g/mol. The van der Waals surface area contributed by atoms with E-state index < -0.39 is 5.60 Å². The summed E-state index contributed by atoms with van der Waals surface area (Å²) in [4.78, 5) is 0. The van der Waals surface area contributed by atoms with Crippen LogP contribution < -0.4 is 5.73 Å². The van der Waals surface area contributed by atoms with Crippen LogP contribution in [-0.2, 0) is 0 Å². The van der Waals surface area contributed by atoms with Gasteiger partial charge >= 0.3 is 0 Å². The molecule has 112 valence electrons. The Morgan fingerprint density at radius 2 is 1.74 bits per heavy atom. The molecule has 3 unspecified atom stereocenters. The second-order valence-corrected chi connectivity index (χ2v) is 8.17. The molecule has 2 aliphatic carbocycles. The van der Waals surface area contributed by atoms with Gasteiger partial charge in [-0.25, -0.2) is 0 Å². The topological polar surface area (TPSA) is 46.2 Å². The predicted molar refractivity (Wildman–Crippen MR) is 80.8 cm³/mol. The van der Waals surface area contributed by atoms with E-state index in [0.29, 0.717) is 24.3 Å². The molecule has 2 aliphatic rings. The number of hydrogen-bond donors (Lipinski definition) is 2. The van der Waals surface area contributed by atoms with Crippen LogP contribution in [0.5, 0.6) is 0 Å². The predicted octanol–water partition coefficient (Wildman–Crippen LogP) is 3.57. The molecule has 3 N–H and O–H groups in total. The number of rotatable bonds is 6. The third-order valence-electron chi connectivity index (χ3n) is 5.76. The van der Waals surface area contributed by atoms with Crippen LogP contribution in [0.3, 0.4) is 0 Å². The quantitative estimate of drug-likeness (QED) is 0.772. The van der Waals surface area contributed by atoms with Gasteiger partial charge in [-0.2, -0.15) is 0 Å². The Kier molecular flexibility index (Phi) is 4.32. The van der Waals surface area contributed by atoms with Crippen molar-refractivity contribution >= 4 is 0 Å². The number of aliphatic hydroxyl groups is 1. The van der Waals surface area contributed by atoms with Gasteiger partial charge in [0.15, 0.2) is 0 Å². The monoisotopic (exact) mass is 267 g/mol. The molecule has 0 saturated heterocycles. The van der Waals surface area contributed by atoms with E-state index in [9.17, 15) is 5.11 Å². The SMILES string of the molecule is CC(C)CC(O)(CC(C)C)C1(CN)CC2CCC1C2. The zero-order chi connectivity index (χ0) is 14.3. The molecule has 0 heterocycles. The first-order valence-corrected chi connectivity index (χ1v) is 8.25. The summed E-state index contributed by atoms with van der Waals surface area (Å²) < 4.78 is 0. The van der Waals surface area contributed by atoms with Gasteiger partial charge in [-0.05, 0) is 55.8 Å². The zero-order valence-corrected chi connectivity index (χ0v) is 13.3. The maximum Gasteiger partial charge on any atom is 0.0723 e. The van der Waals surface area contributed by atoms with Crippen LogP contribution in [0.15, 0.2) is 0 Å². The van der Waals surface area contributed by atoms with Crippen molar-refractivity contribution in [2.45, 2.75) is 71.8 Å². The van der Waals surface area contributed by atoms with E-state index >= 15 is 0 Å². The molecule has 19 heavy (non-hydrogen) atoms. The van der Waals surface area contributed by atoms with Crippen LogP contribution in [-0.4, -0.2) is 17.3 Å². The fraction of sp³-hybridized carbons (Fsp3) is 1.00. The lowest BCUT2D eigenvalue weighted by molar-refractivity contribution is -0.133. The molecule has 0 aromatic heterocycles. The molecule has 2 saturated carbocycles. The van der Waals surface area contributed by atoms with Gasteiger partial charge in [0, 0.05) is 12.0 Å². The third-order valence-corrected chi connectivity index (χ3v) is 5.76. The molecule has 2 heteroatoms. The first kappa shape index (κ1) is 15.3. The largest absolute Gasteiger partial charge is 0.389 e. The van der Waals surface area contributed by atoms with Crippen LogP contribution in [0.1, 0.15) is 66.2 Å². The van der Waals surface area contributed by atoms with Gasteiger partial charge in [0.1, 0.15) is 0 Å². The number of nitrogens with two attached hydrogens (primary N) is 1. The van der Waals surface area contributed by atoms with E-state index in [2.05, 4.69) is 27.7 Å². The molecule has 2 bridgehead atoms. The van der Waals surface area contributed by atoms with Gasteiger partial charge in [0.05, 0.1) is 5.60 Å². The molecular formula is C17H33NO. The summed E-state index contributed by atoms with van der Waals surface area (Å²) >= 11 is 0. The highest BCUT2D eigenvalue weighted by Crippen LogP contribution is 2.62. The average molecular weight is 267 g/mol. The van der Waals surface area contributed by atoms with Crippen LogP contribution in [0.25, 0.3) is 0 Å². The first-order chi connectivity index (χ1) is 8.83. The van der Waals surface area contributed by atoms with Crippen molar-refractivity contribution in [2.24, 2.45) is 34.8 Å². The number of hydrogen-bond acceptors (Lipinski definition) is 2. The van der Waals surface area contributed by atoms with E-state index in [1.54, 1.807) is 0 Å². The summed E-state index contributed by atoms with van der Waals surface area (Å²) in [5.41, 5.74) is 5.69. The first-order valence-electron chi connectivity index (χ1n) is 8.25. The zero-order valence-electron chi connectivity index (χ0n) is 13.3. The Morgan fingerprint density at radius 3 is 2.05 bits per heavy atom. The maximum atomic E-state index is 11.5. The van der Waals surface area contributed by atoms with Crippen LogP contribution in [0, 0.1) is 29.1 Å². The van der Waals surface area contributed by atoms with Gasteiger partial charge in [-0.1, -0.05) is 34.1 Å². The second-order valence-electron chi connectivity index (χ2n) is 8.17. The summed E-state index contributed by atoms with van der Waals surface area (Å²) in [6, 6.07) is 0. The molecule has 0 aromatic carbocycles. The molecule has 0 radical (unpaired) electrons. The van der Waals surface area contributed by atoms with Crippen LogP contribution >= 0.6 is 0 Å². The molecule has 0 aliphatic heterocycles. The summed E-state index contributed by atoms with van der Waals surface area (Å²) in [6.07, 6.45) is 6.96. The average Bonchev–Trinajstić information content (AvgIpc) is 2.86. The Bertz CT molecular complexity index is 302.